The molecule has 3 rings (SSSR count). The lowest BCUT2D eigenvalue weighted by atomic mass is 10.2. The predicted octanol–water partition coefficient (Wildman–Crippen LogP) is 0.982. The van der Waals surface area contributed by atoms with E-state index in [-0.39, 0.29) is 6.03 Å². The minimum Gasteiger partial charge on any atom is -0.378 e. The zero-order chi connectivity index (χ0) is 16.8. The first kappa shape index (κ1) is 17.2. The maximum atomic E-state index is 12.5. The molecule has 0 unspecified atom stereocenters. The highest BCUT2D eigenvalue weighted by Gasteiger charge is 2.26. The van der Waals surface area contributed by atoms with Gasteiger partial charge in [0, 0.05) is 45.7 Å². The molecule has 0 atom stereocenters. The van der Waals surface area contributed by atoms with Crippen LogP contribution in [0, 0.1) is 0 Å². The van der Waals surface area contributed by atoms with E-state index in [0.717, 1.165) is 51.3 Å². The SMILES string of the molecule is CCCCc1noc(CN2CCN(C(=O)N3CCOCC3)CC2)n1. The number of urea groups is 1. The summed E-state index contributed by atoms with van der Waals surface area (Å²) in [5.41, 5.74) is 0. The first-order chi connectivity index (χ1) is 11.8. The fraction of sp³-hybridized carbons (Fsp3) is 0.812. The second kappa shape index (κ2) is 8.43. The van der Waals surface area contributed by atoms with Crippen LogP contribution in [0.4, 0.5) is 4.79 Å². The smallest absolute Gasteiger partial charge is 0.320 e. The molecule has 1 aromatic rings. The second-order valence-corrected chi connectivity index (χ2v) is 6.35. The summed E-state index contributed by atoms with van der Waals surface area (Å²) in [6, 6.07) is 0.137. The summed E-state index contributed by atoms with van der Waals surface area (Å²) in [4.78, 5) is 23.0. The lowest BCUT2D eigenvalue weighted by molar-refractivity contribution is 0.0367. The molecule has 8 heteroatoms. The van der Waals surface area contributed by atoms with Crippen LogP contribution >= 0.6 is 0 Å². The number of aromatic nitrogens is 2. The van der Waals surface area contributed by atoms with E-state index >= 15 is 0 Å². The topological polar surface area (TPSA) is 74.9 Å². The van der Waals surface area contributed by atoms with Gasteiger partial charge in [0.15, 0.2) is 5.82 Å². The Balaban J connectivity index is 1.43. The van der Waals surface area contributed by atoms with Crippen LogP contribution in [-0.2, 0) is 17.7 Å². The number of unbranched alkanes of at least 4 members (excludes halogenated alkanes) is 1. The van der Waals surface area contributed by atoms with Gasteiger partial charge in [-0.3, -0.25) is 4.90 Å². The van der Waals surface area contributed by atoms with Gasteiger partial charge >= 0.3 is 6.03 Å². The molecule has 2 aliphatic rings. The van der Waals surface area contributed by atoms with E-state index in [4.69, 9.17) is 9.26 Å². The molecule has 0 N–H and O–H groups in total. The molecule has 24 heavy (non-hydrogen) atoms. The quantitative estimate of drug-likeness (QED) is 0.797. The molecule has 2 fully saturated rings. The fourth-order valence-corrected chi connectivity index (χ4v) is 3.03. The highest BCUT2D eigenvalue weighted by Crippen LogP contribution is 2.11. The number of aryl methyl sites for hydroxylation is 1. The Labute approximate surface area is 142 Å². The molecule has 3 heterocycles. The van der Waals surface area contributed by atoms with Crippen molar-refractivity contribution in [1.82, 2.24) is 24.8 Å². The van der Waals surface area contributed by atoms with Crippen molar-refractivity contribution in [3.05, 3.63) is 11.7 Å². The van der Waals surface area contributed by atoms with E-state index in [1.54, 1.807) is 0 Å². The minimum atomic E-state index is 0.137. The highest BCUT2D eigenvalue weighted by atomic mass is 16.5. The van der Waals surface area contributed by atoms with E-state index in [2.05, 4.69) is 22.0 Å². The van der Waals surface area contributed by atoms with Crippen LogP contribution in [0.2, 0.25) is 0 Å². The largest absolute Gasteiger partial charge is 0.378 e. The number of carbonyl (C=O) groups excluding carboxylic acids is 1. The predicted molar refractivity (Wildman–Crippen MR) is 87.5 cm³/mol. The average Bonchev–Trinajstić information content (AvgIpc) is 3.08. The van der Waals surface area contributed by atoms with Gasteiger partial charge in [0.2, 0.25) is 5.89 Å². The number of morpholine rings is 1. The molecular formula is C16H27N5O3. The van der Waals surface area contributed by atoms with E-state index in [0.29, 0.717) is 38.7 Å². The van der Waals surface area contributed by atoms with Crippen molar-refractivity contribution >= 4 is 6.03 Å². The Morgan fingerprint density at radius 3 is 2.50 bits per heavy atom. The Hall–Kier alpha value is -1.67. The van der Waals surface area contributed by atoms with Gasteiger partial charge in [0.05, 0.1) is 19.8 Å². The van der Waals surface area contributed by atoms with Crippen LogP contribution < -0.4 is 0 Å². The lowest BCUT2D eigenvalue weighted by Crippen LogP contribution is -2.54. The Kier molecular flexibility index (Phi) is 6.03. The van der Waals surface area contributed by atoms with E-state index in [1.807, 2.05) is 9.80 Å². The van der Waals surface area contributed by atoms with Crippen LogP contribution in [0.25, 0.3) is 0 Å². The molecule has 0 aliphatic carbocycles. The molecule has 2 saturated heterocycles. The number of hydrogen-bond donors (Lipinski definition) is 0. The van der Waals surface area contributed by atoms with Crippen LogP contribution in [0.5, 0.6) is 0 Å². The summed E-state index contributed by atoms with van der Waals surface area (Å²) in [5.74, 6) is 1.47. The summed E-state index contributed by atoms with van der Waals surface area (Å²) in [6.45, 7) is 8.65. The van der Waals surface area contributed by atoms with Gasteiger partial charge < -0.3 is 19.1 Å². The number of rotatable bonds is 5. The van der Waals surface area contributed by atoms with Crippen molar-refractivity contribution < 1.29 is 14.1 Å². The number of hydrogen-bond acceptors (Lipinski definition) is 6. The van der Waals surface area contributed by atoms with E-state index in [1.165, 1.54) is 0 Å². The van der Waals surface area contributed by atoms with Gasteiger partial charge in [-0.2, -0.15) is 4.98 Å². The van der Waals surface area contributed by atoms with E-state index < -0.39 is 0 Å². The molecule has 2 aliphatic heterocycles. The Morgan fingerprint density at radius 1 is 1.08 bits per heavy atom. The highest BCUT2D eigenvalue weighted by molar-refractivity contribution is 5.74. The molecular weight excluding hydrogens is 310 g/mol. The maximum absolute atomic E-state index is 12.5. The van der Waals surface area contributed by atoms with Crippen LogP contribution in [0.3, 0.4) is 0 Å². The van der Waals surface area contributed by atoms with Crippen molar-refractivity contribution in [1.29, 1.82) is 0 Å². The molecule has 1 aromatic heterocycles. The third kappa shape index (κ3) is 4.45. The molecule has 8 nitrogen and oxygen atoms in total. The minimum absolute atomic E-state index is 0.137. The molecule has 0 saturated carbocycles. The van der Waals surface area contributed by atoms with Gasteiger partial charge in [0.25, 0.3) is 0 Å². The van der Waals surface area contributed by atoms with Gasteiger partial charge in [-0.1, -0.05) is 18.5 Å². The number of nitrogens with zero attached hydrogens (tertiary/aromatic N) is 5. The number of piperazine rings is 1. The number of amides is 2. The first-order valence-corrected chi connectivity index (χ1v) is 8.91. The summed E-state index contributed by atoms with van der Waals surface area (Å²) in [5, 5.41) is 4.03. The summed E-state index contributed by atoms with van der Waals surface area (Å²) < 4.78 is 10.6. The van der Waals surface area contributed by atoms with Crippen molar-refractivity contribution in [2.45, 2.75) is 32.7 Å². The molecule has 0 radical (unpaired) electrons. The monoisotopic (exact) mass is 337 g/mol. The zero-order valence-electron chi connectivity index (χ0n) is 14.4. The van der Waals surface area contributed by atoms with Gasteiger partial charge in [0.1, 0.15) is 0 Å². The summed E-state index contributed by atoms with van der Waals surface area (Å²) in [7, 11) is 0. The average molecular weight is 337 g/mol. The second-order valence-electron chi connectivity index (χ2n) is 6.35. The lowest BCUT2D eigenvalue weighted by Gasteiger charge is -2.38. The van der Waals surface area contributed by atoms with E-state index in [9.17, 15) is 4.79 Å². The Morgan fingerprint density at radius 2 is 1.79 bits per heavy atom. The molecule has 2 amide bonds. The first-order valence-electron chi connectivity index (χ1n) is 8.91. The van der Waals surface area contributed by atoms with Gasteiger partial charge in [-0.15, -0.1) is 0 Å². The molecule has 0 bridgehead atoms. The van der Waals surface area contributed by atoms with Crippen molar-refractivity contribution in [3.63, 3.8) is 0 Å². The van der Waals surface area contributed by atoms with Crippen molar-refractivity contribution in [3.8, 4) is 0 Å². The van der Waals surface area contributed by atoms with Crippen molar-refractivity contribution in [2.24, 2.45) is 0 Å². The molecule has 134 valence electrons. The number of ether oxygens (including phenoxy) is 1. The van der Waals surface area contributed by atoms with Crippen LogP contribution in [-0.4, -0.2) is 83.4 Å². The fourth-order valence-electron chi connectivity index (χ4n) is 3.03. The summed E-state index contributed by atoms with van der Waals surface area (Å²) >= 11 is 0. The van der Waals surface area contributed by atoms with Gasteiger partial charge in [-0.25, -0.2) is 4.79 Å². The third-order valence-electron chi connectivity index (χ3n) is 4.55. The zero-order valence-corrected chi connectivity index (χ0v) is 14.4. The summed E-state index contributed by atoms with van der Waals surface area (Å²) in [6.07, 6.45) is 3.09. The standard InChI is InChI=1S/C16H27N5O3/c1-2-3-4-14-17-15(24-18-14)13-19-5-7-20(8-6-19)16(22)21-9-11-23-12-10-21/h2-13H2,1H3. The molecule has 0 aromatic carbocycles. The normalized spacial score (nSPS) is 19.7. The number of carbonyl (C=O) groups is 1. The maximum Gasteiger partial charge on any atom is 0.320 e. The van der Waals surface area contributed by atoms with Gasteiger partial charge in [-0.05, 0) is 6.42 Å². The molecule has 0 spiro atoms. The van der Waals surface area contributed by atoms with Crippen LogP contribution in [0.15, 0.2) is 4.52 Å². The van der Waals surface area contributed by atoms with Crippen LogP contribution in [0.1, 0.15) is 31.5 Å². The Bertz CT molecular complexity index is 522. The third-order valence-corrected chi connectivity index (χ3v) is 4.55. The van der Waals surface area contributed by atoms with Crippen molar-refractivity contribution in [2.75, 3.05) is 52.5 Å².